The first-order valence-electron chi connectivity index (χ1n) is 10.1. The van der Waals surface area contributed by atoms with E-state index >= 15 is 0 Å². The Morgan fingerprint density at radius 3 is 2.43 bits per heavy atom. The number of nitriles is 1. The molecular formula is C24H25N5O. The summed E-state index contributed by atoms with van der Waals surface area (Å²) in [5.41, 5.74) is 4.84. The standard InChI is InChI=1S/C24H25N5O/c1-17-4-10-20(11-5-17)29-23(19-8-6-18(15-25)7-9-19)14-22(26-29)24(30)28-13-12-21(16-28)27(2)3/h4-11,14,21H,12-13,16H2,1-3H3/t21-/m0/s1. The summed E-state index contributed by atoms with van der Waals surface area (Å²) in [6.45, 7) is 3.50. The zero-order valence-electron chi connectivity index (χ0n) is 17.5. The van der Waals surface area contributed by atoms with Crippen LogP contribution in [0.1, 0.15) is 28.0 Å². The van der Waals surface area contributed by atoms with Crippen molar-refractivity contribution >= 4 is 5.91 Å². The minimum absolute atomic E-state index is 0.0416. The van der Waals surface area contributed by atoms with Crippen LogP contribution >= 0.6 is 0 Å². The molecule has 1 fully saturated rings. The first-order valence-corrected chi connectivity index (χ1v) is 10.1. The number of likely N-dealkylation sites (tertiary alicyclic amines) is 1. The van der Waals surface area contributed by atoms with Gasteiger partial charge in [0.25, 0.3) is 5.91 Å². The second-order valence-corrected chi connectivity index (χ2v) is 8.01. The molecule has 1 aliphatic rings. The Hall–Kier alpha value is -3.43. The molecule has 6 nitrogen and oxygen atoms in total. The molecule has 6 heteroatoms. The fourth-order valence-electron chi connectivity index (χ4n) is 3.80. The van der Waals surface area contributed by atoms with E-state index in [1.807, 2.05) is 73.1 Å². The summed E-state index contributed by atoms with van der Waals surface area (Å²) in [6, 6.07) is 19.8. The SMILES string of the molecule is Cc1ccc(-n2nc(C(=O)N3CC[C@H](N(C)C)C3)cc2-c2ccc(C#N)cc2)cc1. The molecule has 1 aliphatic heterocycles. The normalized spacial score (nSPS) is 16.1. The van der Waals surface area contributed by atoms with Gasteiger partial charge in [0, 0.05) is 24.7 Å². The number of carbonyl (C=O) groups excluding carboxylic acids is 1. The predicted octanol–water partition coefficient (Wildman–Crippen LogP) is 3.50. The first kappa shape index (κ1) is 19.9. The van der Waals surface area contributed by atoms with Crippen molar-refractivity contribution in [3.63, 3.8) is 0 Å². The van der Waals surface area contributed by atoms with E-state index in [2.05, 4.69) is 11.0 Å². The van der Waals surface area contributed by atoms with E-state index in [1.54, 1.807) is 12.1 Å². The van der Waals surface area contributed by atoms with E-state index in [4.69, 9.17) is 10.4 Å². The van der Waals surface area contributed by atoms with Gasteiger partial charge in [0.2, 0.25) is 0 Å². The lowest BCUT2D eigenvalue weighted by Crippen LogP contribution is -2.34. The molecule has 1 saturated heterocycles. The van der Waals surface area contributed by atoms with Gasteiger partial charge < -0.3 is 9.80 Å². The second-order valence-electron chi connectivity index (χ2n) is 8.01. The van der Waals surface area contributed by atoms with Gasteiger partial charge in [0.15, 0.2) is 5.69 Å². The number of nitrogens with zero attached hydrogens (tertiary/aromatic N) is 5. The van der Waals surface area contributed by atoms with Crippen LogP contribution in [0.25, 0.3) is 16.9 Å². The smallest absolute Gasteiger partial charge is 0.274 e. The van der Waals surface area contributed by atoms with Crippen LogP contribution in [-0.4, -0.2) is 58.7 Å². The monoisotopic (exact) mass is 399 g/mol. The summed E-state index contributed by atoms with van der Waals surface area (Å²) in [5, 5.41) is 13.8. The van der Waals surface area contributed by atoms with E-state index < -0.39 is 0 Å². The molecule has 0 bridgehead atoms. The predicted molar refractivity (Wildman–Crippen MR) is 116 cm³/mol. The summed E-state index contributed by atoms with van der Waals surface area (Å²) < 4.78 is 1.81. The van der Waals surface area contributed by atoms with Crippen LogP contribution in [0, 0.1) is 18.3 Å². The molecule has 30 heavy (non-hydrogen) atoms. The fourth-order valence-corrected chi connectivity index (χ4v) is 3.80. The van der Waals surface area contributed by atoms with Crippen LogP contribution in [0.2, 0.25) is 0 Å². The molecule has 1 amide bonds. The van der Waals surface area contributed by atoms with Crippen molar-refractivity contribution in [2.24, 2.45) is 0 Å². The van der Waals surface area contributed by atoms with Crippen molar-refractivity contribution in [1.82, 2.24) is 19.6 Å². The average molecular weight is 399 g/mol. The Balaban J connectivity index is 1.73. The summed E-state index contributed by atoms with van der Waals surface area (Å²) in [7, 11) is 4.10. The van der Waals surface area contributed by atoms with Crippen molar-refractivity contribution in [3.8, 4) is 23.0 Å². The number of rotatable bonds is 4. The maximum atomic E-state index is 13.2. The fraction of sp³-hybridized carbons (Fsp3) is 0.292. The number of benzene rings is 2. The van der Waals surface area contributed by atoms with Crippen molar-refractivity contribution < 1.29 is 4.79 Å². The topological polar surface area (TPSA) is 65.2 Å². The molecular weight excluding hydrogens is 374 g/mol. The van der Waals surface area contributed by atoms with Gasteiger partial charge in [-0.15, -0.1) is 0 Å². The number of aryl methyl sites for hydroxylation is 1. The van der Waals surface area contributed by atoms with Crippen molar-refractivity contribution in [1.29, 1.82) is 5.26 Å². The van der Waals surface area contributed by atoms with Gasteiger partial charge in [-0.3, -0.25) is 4.79 Å². The number of hydrogen-bond donors (Lipinski definition) is 0. The number of amides is 1. The highest BCUT2D eigenvalue weighted by atomic mass is 16.2. The number of likely N-dealkylation sites (N-methyl/N-ethyl adjacent to an activating group) is 1. The summed E-state index contributed by atoms with van der Waals surface area (Å²) in [4.78, 5) is 17.2. The van der Waals surface area contributed by atoms with Gasteiger partial charge in [-0.2, -0.15) is 10.4 Å². The molecule has 152 valence electrons. The lowest BCUT2D eigenvalue weighted by molar-refractivity contribution is 0.0777. The average Bonchev–Trinajstić information content (AvgIpc) is 3.42. The number of aromatic nitrogens is 2. The molecule has 2 heterocycles. The van der Waals surface area contributed by atoms with E-state index in [9.17, 15) is 4.79 Å². The lowest BCUT2D eigenvalue weighted by atomic mass is 10.1. The Labute approximate surface area is 177 Å². The Morgan fingerprint density at radius 2 is 1.83 bits per heavy atom. The Morgan fingerprint density at radius 1 is 1.13 bits per heavy atom. The van der Waals surface area contributed by atoms with Crippen LogP contribution in [0.5, 0.6) is 0 Å². The molecule has 0 aliphatic carbocycles. The van der Waals surface area contributed by atoms with Crippen LogP contribution in [0.15, 0.2) is 54.6 Å². The Bertz CT molecular complexity index is 1090. The molecule has 0 unspecified atom stereocenters. The summed E-state index contributed by atoms with van der Waals surface area (Å²) >= 11 is 0. The first-order chi connectivity index (χ1) is 14.5. The zero-order valence-corrected chi connectivity index (χ0v) is 17.5. The minimum atomic E-state index is -0.0416. The summed E-state index contributed by atoms with van der Waals surface area (Å²) in [5.74, 6) is -0.0416. The molecule has 1 aromatic heterocycles. The van der Waals surface area contributed by atoms with Crippen molar-refractivity contribution in [3.05, 3.63) is 71.4 Å². The van der Waals surface area contributed by atoms with Crippen LogP contribution in [0.3, 0.4) is 0 Å². The van der Waals surface area contributed by atoms with E-state index in [1.165, 1.54) is 0 Å². The third-order valence-corrected chi connectivity index (χ3v) is 5.70. The van der Waals surface area contributed by atoms with Crippen LogP contribution in [0.4, 0.5) is 0 Å². The van der Waals surface area contributed by atoms with Gasteiger partial charge in [0.1, 0.15) is 0 Å². The molecule has 0 saturated carbocycles. The number of hydrogen-bond acceptors (Lipinski definition) is 4. The van der Waals surface area contributed by atoms with Crippen LogP contribution < -0.4 is 0 Å². The maximum Gasteiger partial charge on any atom is 0.274 e. The van der Waals surface area contributed by atoms with Gasteiger partial charge in [-0.25, -0.2) is 4.68 Å². The zero-order chi connectivity index (χ0) is 21.3. The van der Waals surface area contributed by atoms with Gasteiger partial charge in [0.05, 0.1) is 23.0 Å². The molecule has 1 atom stereocenters. The largest absolute Gasteiger partial charge is 0.336 e. The minimum Gasteiger partial charge on any atom is -0.336 e. The van der Waals surface area contributed by atoms with Gasteiger partial charge in [-0.05, 0) is 57.8 Å². The summed E-state index contributed by atoms with van der Waals surface area (Å²) in [6.07, 6.45) is 0.972. The molecule has 0 spiro atoms. The molecule has 0 N–H and O–H groups in total. The molecule has 4 rings (SSSR count). The van der Waals surface area contributed by atoms with Crippen molar-refractivity contribution in [2.45, 2.75) is 19.4 Å². The second kappa shape index (κ2) is 8.13. The van der Waals surface area contributed by atoms with Gasteiger partial charge >= 0.3 is 0 Å². The lowest BCUT2D eigenvalue weighted by Gasteiger charge is -2.19. The third-order valence-electron chi connectivity index (χ3n) is 5.70. The Kier molecular flexibility index (Phi) is 5.39. The maximum absolute atomic E-state index is 13.2. The highest BCUT2D eigenvalue weighted by Crippen LogP contribution is 2.26. The van der Waals surface area contributed by atoms with Crippen LogP contribution in [-0.2, 0) is 0 Å². The number of carbonyl (C=O) groups is 1. The van der Waals surface area contributed by atoms with E-state index in [0.717, 1.165) is 42.0 Å². The molecule has 3 aromatic rings. The highest BCUT2D eigenvalue weighted by molar-refractivity contribution is 5.94. The molecule has 2 aromatic carbocycles. The quantitative estimate of drug-likeness (QED) is 0.674. The van der Waals surface area contributed by atoms with E-state index in [-0.39, 0.29) is 5.91 Å². The highest BCUT2D eigenvalue weighted by Gasteiger charge is 2.30. The van der Waals surface area contributed by atoms with Gasteiger partial charge in [-0.1, -0.05) is 29.8 Å². The van der Waals surface area contributed by atoms with Crippen molar-refractivity contribution in [2.75, 3.05) is 27.2 Å². The molecule has 0 radical (unpaired) electrons. The van der Waals surface area contributed by atoms with E-state index in [0.29, 0.717) is 17.3 Å². The third kappa shape index (κ3) is 3.85.